The second-order valence-corrected chi connectivity index (χ2v) is 1.85. The highest BCUT2D eigenvalue weighted by Gasteiger charge is 1.96. The van der Waals surface area contributed by atoms with Crippen molar-refractivity contribution >= 4 is 23.0 Å². The van der Waals surface area contributed by atoms with Gasteiger partial charge in [0.05, 0.1) is 4.86 Å². The van der Waals surface area contributed by atoms with E-state index in [1.165, 1.54) is 6.20 Å². The van der Waals surface area contributed by atoms with Crippen LogP contribution < -0.4 is 5.32 Å². The minimum atomic E-state index is -0.255. The summed E-state index contributed by atoms with van der Waals surface area (Å²) in [4.78, 5) is 10.7. The molecule has 0 fully saturated rings. The number of thiocarbonyl (C=S) groups is 1. The highest BCUT2D eigenvalue weighted by Crippen LogP contribution is 1.72. The molecule has 0 unspecified atom stereocenters. The second kappa shape index (κ2) is 8.30. The molecule has 0 bridgehead atoms. The summed E-state index contributed by atoms with van der Waals surface area (Å²) in [7, 11) is 0. The molecule has 0 rings (SSSR count). The van der Waals surface area contributed by atoms with Gasteiger partial charge in [0.25, 0.3) is 5.91 Å². The first kappa shape index (κ1) is 12.0. The number of hydrogen-bond acceptors (Lipinski definition) is 2. The molecule has 0 aliphatic heterocycles. The Kier molecular flexibility index (Phi) is 9.98. The average molecular weight is 159 g/mol. The monoisotopic (exact) mass is 159 g/mol. The van der Waals surface area contributed by atoms with Crippen molar-refractivity contribution in [1.29, 1.82) is 0 Å². The zero-order valence-electron chi connectivity index (χ0n) is 6.60. The van der Waals surface area contributed by atoms with Crippen LogP contribution in [0.3, 0.4) is 0 Å². The van der Waals surface area contributed by atoms with Gasteiger partial charge in [-0.25, -0.2) is 0 Å². The number of nitrogens with one attached hydrogen (secondary N) is 1. The standard InChI is InChI=1S/C5H7NOS.C2H6/c1-3-6-5(7)4(2)8;1-2/h3H,1H2,2H3,(H,6,7);1-2H3. The Morgan fingerprint density at radius 1 is 1.60 bits per heavy atom. The Balaban J connectivity index is 0. The number of rotatable bonds is 2. The van der Waals surface area contributed by atoms with Crippen molar-refractivity contribution in [1.82, 2.24) is 5.32 Å². The van der Waals surface area contributed by atoms with Crippen molar-refractivity contribution < 1.29 is 4.79 Å². The lowest BCUT2D eigenvalue weighted by Gasteiger charge is -1.91. The maximum absolute atomic E-state index is 10.4. The van der Waals surface area contributed by atoms with Crippen molar-refractivity contribution in [2.75, 3.05) is 0 Å². The highest BCUT2D eigenvalue weighted by atomic mass is 32.1. The van der Waals surface area contributed by atoms with Crippen LogP contribution in [0.5, 0.6) is 0 Å². The van der Waals surface area contributed by atoms with Crippen LogP contribution in [0.2, 0.25) is 0 Å². The third-order valence-corrected chi connectivity index (χ3v) is 0.738. The van der Waals surface area contributed by atoms with E-state index in [1.54, 1.807) is 6.92 Å². The molecule has 2 nitrogen and oxygen atoms in total. The summed E-state index contributed by atoms with van der Waals surface area (Å²) >= 11 is 4.52. The largest absolute Gasteiger partial charge is 0.329 e. The molecule has 0 aliphatic carbocycles. The third kappa shape index (κ3) is 7.30. The molecule has 1 N–H and O–H groups in total. The molecule has 0 saturated carbocycles. The summed E-state index contributed by atoms with van der Waals surface area (Å²) in [5.74, 6) is -0.255. The number of carbonyl (C=O) groups excluding carboxylic acids is 1. The molecule has 0 heterocycles. The Bertz CT molecular complexity index is 132. The lowest BCUT2D eigenvalue weighted by atomic mass is 10.4. The maximum atomic E-state index is 10.4. The van der Waals surface area contributed by atoms with Gasteiger partial charge in [-0.15, -0.1) is 0 Å². The number of carbonyl (C=O) groups is 1. The third-order valence-electron chi connectivity index (χ3n) is 0.553. The predicted octanol–water partition coefficient (Wildman–Crippen LogP) is 1.66. The lowest BCUT2D eigenvalue weighted by molar-refractivity contribution is -0.113. The molecule has 0 aromatic heterocycles. The Labute approximate surface area is 67.3 Å². The van der Waals surface area contributed by atoms with E-state index in [1.807, 2.05) is 13.8 Å². The van der Waals surface area contributed by atoms with Crippen LogP contribution in [0.25, 0.3) is 0 Å². The molecule has 0 aromatic carbocycles. The Morgan fingerprint density at radius 3 is 2.10 bits per heavy atom. The fourth-order valence-corrected chi connectivity index (χ4v) is 0.253. The molecule has 3 heteroatoms. The Morgan fingerprint density at radius 2 is 2.00 bits per heavy atom. The van der Waals surface area contributed by atoms with Crippen molar-refractivity contribution in [3.63, 3.8) is 0 Å². The summed E-state index contributed by atoms with van der Waals surface area (Å²) in [5.41, 5.74) is 0. The molecule has 0 spiro atoms. The summed E-state index contributed by atoms with van der Waals surface area (Å²) < 4.78 is 0. The molecule has 58 valence electrons. The van der Waals surface area contributed by atoms with Gasteiger partial charge in [0.1, 0.15) is 0 Å². The average Bonchev–Trinajstić information content (AvgIpc) is 1.93. The summed E-state index contributed by atoms with van der Waals surface area (Å²) in [5, 5.41) is 2.33. The van der Waals surface area contributed by atoms with Crippen molar-refractivity contribution in [3.8, 4) is 0 Å². The molecule has 0 aliphatic rings. The smallest absolute Gasteiger partial charge is 0.261 e. The van der Waals surface area contributed by atoms with E-state index >= 15 is 0 Å². The van der Waals surface area contributed by atoms with Gasteiger partial charge in [0, 0.05) is 0 Å². The van der Waals surface area contributed by atoms with Gasteiger partial charge in [0.2, 0.25) is 0 Å². The van der Waals surface area contributed by atoms with Crippen LogP contribution in [0.1, 0.15) is 20.8 Å². The van der Waals surface area contributed by atoms with Crippen LogP contribution in [0.15, 0.2) is 12.8 Å². The molecular weight excluding hydrogens is 146 g/mol. The van der Waals surface area contributed by atoms with Crippen LogP contribution in [0.4, 0.5) is 0 Å². The predicted molar refractivity (Wildman–Crippen MR) is 48.0 cm³/mol. The Hall–Kier alpha value is -0.700. The SMILES string of the molecule is C=CNC(=O)C(C)=S.CC. The van der Waals surface area contributed by atoms with E-state index in [4.69, 9.17) is 0 Å². The molecule has 10 heavy (non-hydrogen) atoms. The van der Waals surface area contributed by atoms with E-state index in [9.17, 15) is 4.79 Å². The van der Waals surface area contributed by atoms with Crippen molar-refractivity contribution in [2.45, 2.75) is 20.8 Å². The normalized spacial score (nSPS) is 6.70. The highest BCUT2D eigenvalue weighted by molar-refractivity contribution is 7.82. The molecule has 0 aromatic rings. The van der Waals surface area contributed by atoms with Crippen LogP contribution in [-0.2, 0) is 4.79 Å². The van der Waals surface area contributed by atoms with E-state index in [2.05, 4.69) is 24.1 Å². The number of hydrogen-bond donors (Lipinski definition) is 1. The van der Waals surface area contributed by atoms with E-state index in [0.717, 1.165) is 0 Å². The van der Waals surface area contributed by atoms with Gasteiger partial charge in [0.15, 0.2) is 0 Å². The molecule has 1 amide bonds. The fraction of sp³-hybridized carbons (Fsp3) is 0.429. The molecule has 0 saturated heterocycles. The lowest BCUT2D eigenvalue weighted by Crippen LogP contribution is -2.22. The van der Waals surface area contributed by atoms with Gasteiger partial charge in [-0.3, -0.25) is 4.79 Å². The van der Waals surface area contributed by atoms with Crippen molar-refractivity contribution in [3.05, 3.63) is 12.8 Å². The minimum absolute atomic E-state index is 0.255. The van der Waals surface area contributed by atoms with Crippen LogP contribution in [-0.4, -0.2) is 10.8 Å². The van der Waals surface area contributed by atoms with Gasteiger partial charge < -0.3 is 5.32 Å². The maximum Gasteiger partial charge on any atom is 0.261 e. The van der Waals surface area contributed by atoms with Gasteiger partial charge in [-0.2, -0.15) is 0 Å². The first-order chi connectivity index (χ1) is 4.68. The number of amides is 1. The van der Waals surface area contributed by atoms with Gasteiger partial charge >= 0.3 is 0 Å². The summed E-state index contributed by atoms with van der Waals surface area (Å²) in [6.07, 6.45) is 1.30. The summed E-state index contributed by atoms with van der Waals surface area (Å²) in [6.45, 7) is 8.86. The zero-order valence-corrected chi connectivity index (χ0v) is 7.42. The topological polar surface area (TPSA) is 29.1 Å². The van der Waals surface area contributed by atoms with E-state index < -0.39 is 0 Å². The van der Waals surface area contributed by atoms with Gasteiger partial charge in [-0.05, 0) is 13.1 Å². The zero-order chi connectivity index (χ0) is 8.57. The first-order valence-corrected chi connectivity index (χ1v) is 3.51. The molecule has 0 atom stereocenters. The fourth-order valence-electron chi connectivity index (χ4n) is 0.194. The molecule has 0 radical (unpaired) electrons. The van der Waals surface area contributed by atoms with E-state index in [0.29, 0.717) is 4.86 Å². The van der Waals surface area contributed by atoms with Crippen LogP contribution >= 0.6 is 12.2 Å². The first-order valence-electron chi connectivity index (χ1n) is 3.11. The van der Waals surface area contributed by atoms with Crippen molar-refractivity contribution in [2.24, 2.45) is 0 Å². The summed E-state index contributed by atoms with van der Waals surface area (Å²) in [6, 6.07) is 0. The second-order valence-electron chi connectivity index (χ2n) is 1.23. The molecular formula is C7H13NOS. The quantitative estimate of drug-likeness (QED) is 0.621. The minimum Gasteiger partial charge on any atom is -0.329 e. The van der Waals surface area contributed by atoms with E-state index in [-0.39, 0.29) is 5.91 Å². The van der Waals surface area contributed by atoms with Gasteiger partial charge in [-0.1, -0.05) is 32.6 Å². The van der Waals surface area contributed by atoms with Crippen LogP contribution in [0, 0.1) is 0 Å².